The molecule has 4 rings (SSSR count). The quantitative estimate of drug-likeness (QED) is 0.751. The highest BCUT2D eigenvalue weighted by Gasteiger charge is 2.25. The molecule has 1 aliphatic rings. The summed E-state index contributed by atoms with van der Waals surface area (Å²) < 4.78 is 0. The number of nitrogens with one attached hydrogen (secondary N) is 1. The van der Waals surface area contributed by atoms with Crippen LogP contribution in [0.15, 0.2) is 30.6 Å². The van der Waals surface area contributed by atoms with Crippen LogP contribution in [0, 0.1) is 25.7 Å². The molecular formula is C21H26N6. The molecule has 0 spiro atoms. The Balaban J connectivity index is 1.75. The summed E-state index contributed by atoms with van der Waals surface area (Å²) in [6, 6.07) is 6.31. The van der Waals surface area contributed by atoms with Crippen molar-refractivity contribution in [2.75, 3.05) is 23.3 Å². The van der Waals surface area contributed by atoms with Gasteiger partial charge in [0, 0.05) is 31.2 Å². The summed E-state index contributed by atoms with van der Waals surface area (Å²) in [6.07, 6.45) is 4.61. The number of rotatable bonds is 3. The number of aromatic nitrogens is 4. The second kappa shape index (κ2) is 7.10. The van der Waals surface area contributed by atoms with Gasteiger partial charge in [-0.1, -0.05) is 19.9 Å². The average molecular weight is 362 g/mol. The summed E-state index contributed by atoms with van der Waals surface area (Å²) in [6.45, 7) is 10.7. The zero-order chi connectivity index (χ0) is 19.0. The molecule has 1 fully saturated rings. The molecule has 0 bridgehead atoms. The zero-order valence-electron chi connectivity index (χ0n) is 16.4. The Bertz CT molecular complexity index is 960. The lowest BCUT2D eigenvalue weighted by atomic mass is 9.92. The van der Waals surface area contributed by atoms with E-state index in [1.54, 1.807) is 12.4 Å². The van der Waals surface area contributed by atoms with E-state index in [0.717, 1.165) is 24.7 Å². The van der Waals surface area contributed by atoms with Crippen molar-refractivity contribution in [2.45, 2.75) is 34.1 Å². The van der Waals surface area contributed by atoms with E-state index in [-0.39, 0.29) is 0 Å². The van der Waals surface area contributed by atoms with Gasteiger partial charge in [0.2, 0.25) is 5.95 Å². The smallest absolute Gasteiger partial charge is 0.229 e. The third kappa shape index (κ3) is 3.70. The van der Waals surface area contributed by atoms with Crippen molar-refractivity contribution in [1.82, 2.24) is 19.9 Å². The standard InChI is InChI=1S/C21H26N6/c1-13-9-14(2)12-27(11-13)21-25-19-18(22-7-8-23-19)20(26-21)24-17-6-5-15(3)16(4)10-17/h5-8,10,13-14H,9,11-12H2,1-4H3,(H,23,24,25,26). The zero-order valence-corrected chi connectivity index (χ0v) is 16.4. The van der Waals surface area contributed by atoms with Crippen molar-refractivity contribution < 1.29 is 0 Å². The number of benzene rings is 1. The lowest BCUT2D eigenvalue weighted by Crippen LogP contribution is -2.39. The van der Waals surface area contributed by atoms with E-state index in [0.29, 0.717) is 28.8 Å². The van der Waals surface area contributed by atoms with Gasteiger partial charge in [-0.3, -0.25) is 0 Å². The number of aryl methyl sites for hydroxylation is 2. The molecule has 0 radical (unpaired) electrons. The van der Waals surface area contributed by atoms with Crippen LogP contribution in [0.3, 0.4) is 0 Å². The minimum Gasteiger partial charge on any atom is -0.340 e. The Kier molecular flexibility index (Phi) is 4.64. The van der Waals surface area contributed by atoms with Crippen LogP contribution >= 0.6 is 0 Å². The van der Waals surface area contributed by atoms with Crippen molar-refractivity contribution in [3.8, 4) is 0 Å². The minimum atomic E-state index is 0.625. The van der Waals surface area contributed by atoms with Gasteiger partial charge in [0.15, 0.2) is 17.0 Å². The Morgan fingerprint density at radius 1 is 0.963 bits per heavy atom. The molecule has 6 heteroatoms. The van der Waals surface area contributed by atoms with Gasteiger partial charge in [-0.15, -0.1) is 0 Å². The summed E-state index contributed by atoms with van der Waals surface area (Å²) in [5.41, 5.74) is 4.82. The first-order chi connectivity index (χ1) is 13.0. The second-order valence-corrected chi connectivity index (χ2v) is 7.88. The second-order valence-electron chi connectivity index (χ2n) is 7.88. The van der Waals surface area contributed by atoms with Crippen LogP contribution in [0.1, 0.15) is 31.4 Å². The van der Waals surface area contributed by atoms with Gasteiger partial charge in [0.25, 0.3) is 0 Å². The molecule has 3 heterocycles. The Morgan fingerprint density at radius 3 is 2.44 bits per heavy atom. The highest BCUT2D eigenvalue weighted by molar-refractivity contribution is 5.85. The van der Waals surface area contributed by atoms with Gasteiger partial charge in [0.1, 0.15) is 0 Å². The van der Waals surface area contributed by atoms with Crippen molar-refractivity contribution in [3.05, 3.63) is 41.7 Å². The number of anilines is 3. The molecule has 2 unspecified atom stereocenters. The van der Waals surface area contributed by atoms with Gasteiger partial charge in [0.05, 0.1) is 0 Å². The van der Waals surface area contributed by atoms with E-state index in [9.17, 15) is 0 Å². The van der Waals surface area contributed by atoms with Gasteiger partial charge >= 0.3 is 0 Å². The van der Waals surface area contributed by atoms with Crippen LogP contribution in [0.5, 0.6) is 0 Å². The van der Waals surface area contributed by atoms with Crippen LogP contribution in [-0.4, -0.2) is 33.0 Å². The molecule has 0 aliphatic carbocycles. The van der Waals surface area contributed by atoms with E-state index >= 15 is 0 Å². The largest absolute Gasteiger partial charge is 0.340 e. The molecule has 0 amide bonds. The van der Waals surface area contributed by atoms with Gasteiger partial charge in [-0.25, -0.2) is 9.97 Å². The first kappa shape index (κ1) is 17.6. The fraction of sp³-hybridized carbons (Fsp3) is 0.429. The van der Waals surface area contributed by atoms with Crippen molar-refractivity contribution in [2.24, 2.45) is 11.8 Å². The van der Waals surface area contributed by atoms with E-state index < -0.39 is 0 Å². The maximum absolute atomic E-state index is 4.84. The molecule has 6 nitrogen and oxygen atoms in total. The van der Waals surface area contributed by atoms with Gasteiger partial charge < -0.3 is 10.2 Å². The van der Waals surface area contributed by atoms with Crippen molar-refractivity contribution in [1.29, 1.82) is 0 Å². The Labute approximate surface area is 160 Å². The van der Waals surface area contributed by atoms with Crippen molar-refractivity contribution >= 4 is 28.6 Å². The topological polar surface area (TPSA) is 66.8 Å². The van der Waals surface area contributed by atoms with Gasteiger partial charge in [-0.2, -0.15) is 9.97 Å². The first-order valence-corrected chi connectivity index (χ1v) is 9.57. The number of hydrogen-bond donors (Lipinski definition) is 1. The molecule has 0 saturated carbocycles. The van der Waals surface area contributed by atoms with E-state index in [1.807, 2.05) is 0 Å². The fourth-order valence-corrected chi connectivity index (χ4v) is 3.86. The number of fused-ring (bicyclic) bond motifs is 1. The normalized spacial score (nSPS) is 20.1. The van der Waals surface area contributed by atoms with E-state index in [2.05, 4.69) is 66.1 Å². The SMILES string of the molecule is Cc1ccc(Nc2nc(N3CC(C)CC(C)C3)nc3nccnc23)cc1C. The number of hydrogen-bond acceptors (Lipinski definition) is 6. The molecule has 1 saturated heterocycles. The van der Waals surface area contributed by atoms with E-state index in [4.69, 9.17) is 9.97 Å². The van der Waals surface area contributed by atoms with Gasteiger partial charge in [-0.05, 0) is 55.4 Å². The molecule has 27 heavy (non-hydrogen) atoms. The Morgan fingerprint density at radius 2 is 1.70 bits per heavy atom. The van der Waals surface area contributed by atoms with E-state index in [1.165, 1.54) is 17.5 Å². The highest BCUT2D eigenvalue weighted by Crippen LogP contribution is 2.28. The van der Waals surface area contributed by atoms with Crippen LogP contribution in [0.4, 0.5) is 17.5 Å². The maximum Gasteiger partial charge on any atom is 0.229 e. The number of piperidine rings is 1. The highest BCUT2D eigenvalue weighted by atomic mass is 15.3. The Hall–Kier alpha value is -2.76. The maximum atomic E-state index is 4.84. The lowest BCUT2D eigenvalue weighted by Gasteiger charge is -2.35. The molecule has 1 aromatic carbocycles. The summed E-state index contributed by atoms with van der Waals surface area (Å²) in [5.74, 6) is 2.70. The monoisotopic (exact) mass is 362 g/mol. The minimum absolute atomic E-state index is 0.625. The third-order valence-corrected chi connectivity index (χ3v) is 5.24. The van der Waals surface area contributed by atoms with Crippen LogP contribution in [-0.2, 0) is 0 Å². The number of nitrogens with zero attached hydrogens (tertiary/aromatic N) is 5. The summed E-state index contributed by atoms with van der Waals surface area (Å²) in [5, 5.41) is 3.44. The molecule has 1 N–H and O–H groups in total. The predicted octanol–water partition coefficient (Wildman–Crippen LogP) is 4.26. The first-order valence-electron chi connectivity index (χ1n) is 9.57. The van der Waals surface area contributed by atoms with Crippen LogP contribution < -0.4 is 10.2 Å². The molecule has 1 aliphatic heterocycles. The summed E-state index contributed by atoms with van der Waals surface area (Å²) in [7, 11) is 0. The molecule has 140 valence electrons. The lowest BCUT2D eigenvalue weighted by molar-refractivity contribution is 0.354. The third-order valence-electron chi connectivity index (χ3n) is 5.24. The average Bonchev–Trinajstić information content (AvgIpc) is 2.64. The molecule has 2 atom stereocenters. The molecular weight excluding hydrogens is 336 g/mol. The molecule has 2 aromatic heterocycles. The van der Waals surface area contributed by atoms with Crippen LogP contribution in [0.25, 0.3) is 11.2 Å². The van der Waals surface area contributed by atoms with Crippen molar-refractivity contribution in [3.63, 3.8) is 0 Å². The molecule has 3 aromatic rings. The fourth-order valence-electron chi connectivity index (χ4n) is 3.86. The summed E-state index contributed by atoms with van der Waals surface area (Å²) in [4.78, 5) is 20.7. The summed E-state index contributed by atoms with van der Waals surface area (Å²) >= 11 is 0. The van der Waals surface area contributed by atoms with Crippen LogP contribution in [0.2, 0.25) is 0 Å². The predicted molar refractivity (Wildman–Crippen MR) is 109 cm³/mol.